The molecule has 5 nitrogen and oxygen atoms in total. The molecular weight excluding hydrogens is 402 g/mol. The van der Waals surface area contributed by atoms with Gasteiger partial charge in [-0.1, -0.05) is 0 Å². The van der Waals surface area contributed by atoms with E-state index in [2.05, 4.69) is 47.1 Å². The third kappa shape index (κ3) is 4.98. The maximum absolute atomic E-state index is 11.8. The monoisotopic (exact) mass is 421 g/mol. The molecule has 0 bridgehead atoms. The zero-order valence-electron chi connectivity index (χ0n) is 12.5. The number of H-pyrrole nitrogens is 1. The molecule has 0 atom stereocenters. The number of amides is 1. The van der Waals surface area contributed by atoms with Crippen molar-refractivity contribution in [2.45, 2.75) is 64.0 Å². The van der Waals surface area contributed by atoms with Crippen LogP contribution in [0.1, 0.15) is 58.2 Å². The molecule has 7 heteroatoms. The van der Waals surface area contributed by atoms with Crippen LogP contribution in [0.5, 0.6) is 0 Å². The minimum absolute atomic E-state index is 0.193. The predicted molar refractivity (Wildman–Crippen MR) is 88.4 cm³/mol. The van der Waals surface area contributed by atoms with Crippen molar-refractivity contribution in [1.29, 1.82) is 0 Å². The molecule has 1 aliphatic rings. The van der Waals surface area contributed by atoms with Gasteiger partial charge in [0.2, 0.25) is 0 Å². The Labute approximate surface area is 141 Å². The molecule has 1 amide bonds. The Morgan fingerprint density at radius 3 is 2.38 bits per heavy atom. The summed E-state index contributed by atoms with van der Waals surface area (Å²) in [6.45, 7) is 5.61. The second-order valence-corrected chi connectivity index (χ2v) is 7.97. The van der Waals surface area contributed by atoms with Crippen molar-refractivity contribution in [3.63, 3.8) is 0 Å². The van der Waals surface area contributed by atoms with Crippen molar-refractivity contribution < 1.29 is 9.53 Å². The largest absolute Gasteiger partial charge is 0.444 e. The van der Waals surface area contributed by atoms with E-state index >= 15 is 0 Å². The lowest BCUT2D eigenvalue weighted by molar-refractivity contribution is 0.0491. The molecule has 0 aromatic carbocycles. The number of carbonyl (C=O) groups excluding carboxylic acids is 1. The summed E-state index contributed by atoms with van der Waals surface area (Å²) in [6.07, 6.45) is 3.58. The summed E-state index contributed by atoms with van der Waals surface area (Å²) in [7, 11) is 0. The fourth-order valence-electron chi connectivity index (χ4n) is 2.53. The van der Waals surface area contributed by atoms with E-state index in [1.54, 1.807) is 0 Å². The van der Waals surface area contributed by atoms with E-state index in [4.69, 9.17) is 4.74 Å². The van der Waals surface area contributed by atoms with E-state index in [0.29, 0.717) is 5.92 Å². The van der Waals surface area contributed by atoms with Crippen LogP contribution in [-0.2, 0) is 4.74 Å². The van der Waals surface area contributed by atoms with Gasteiger partial charge < -0.3 is 15.0 Å². The quantitative estimate of drug-likeness (QED) is 0.737. The molecule has 118 valence electrons. The third-order valence-electron chi connectivity index (χ3n) is 3.47. The Kier molecular flexibility index (Phi) is 5.35. The molecule has 1 saturated carbocycles. The number of hydrogen-bond donors (Lipinski definition) is 2. The summed E-state index contributed by atoms with van der Waals surface area (Å²) in [4.78, 5) is 19.5. The molecule has 0 unspecified atom stereocenters. The number of ether oxygens (including phenoxy) is 1. The number of rotatable bonds is 2. The van der Waals surface area contributed by atoms with E-state index in [1.165, 1.54) is 0 Å². The first-order valence-electron chi connectivity index (χ1n) is 7.15. The van der Waals surface area contributed by atoms with E-state index in [9.17, 15) is 4.79 Å². The number of hydrogen-bond acceptors (Lipinski definition) is 3. The van der Waals surface area contributed by atoms with Crippen LogP contribution in [0.2, 0.25) is 0 Å². The summed E-state index contributed by atoms with van der Waals surface area (Å²) >= 11 is 6.81. The van der Waals surface area contributed by atoms with Crippen molar-refractivity contribution in [2.75, 3.05) is 0 Å². The van der Waals surface area contributed by atoms with Crippen molar-refractivity contribution in [3.05, 3.63) is 15.0 Å². The van der Waals surface area contributed by atoms with Gasteiger partial charge in [0.05, 0.1) is 0 Å². The normalized spacial score (nSPS) is 22.9. The van der Waals surface area contributed by atoms with E-state index in [-0.39, 0.29) is 12.1 Å². The van der Waals surface area contributed by atoms with Crippen molar-refractivity contribution in [2.24, 2.45) is 0 Å². The summed E-state index contributed by atoms with van der Waals surface area (Å²) in [5.74, 6) is 1.42. The maximum atomic E-state index is 11.8. The van der Waals surface area contributed by atoms with Crippen LogP contribution in [0.25, 0.3) is 0 Å². The number of halogens is 2. The van der Waals surface area contributed by atoms with Gasteiger partial charge in [0, 0.05) is 12.0 Å². The van der Waals surface area contributed by atoms with E-state index < -0.39 is 5.60 Å². The molecule has 2 rings (SSSR count). The second kappa shape index (κ2) is 6.69. The highest BCUT2D eigenvalue weighted by molar-refractivity contribution is 9.13. The highest BCUT2D eigenvalue weighted by atomic mass is 79.9. The smallest absolute Gasteiger partial charge is 0.407 e. The Bertz CT molecular complexity index is 483. The van der Waals surface area contributed by atoms with Gasteiger partial charge in [-0.25, -0.2) is 9.78 Å². The Morgan fingerprint density at radius 1 is 1.29 bits per heavy atom. The molecule has 1 heterocycles. The van der Waals surface area contributed by atoms with Gasteiger partial charge in [-0.05, 0) is 78.3 Å². The molecule has 21 heavy (non-hydrogen) atoms. The minimum Gasteiger partial charge on any atom is -0.444 e. The van der Waals surface area contributed by atoms with Gasteiger partial charge in [0.25, 0.3) is 0 Å². The first kappa shape index (κ1) is 16.8. The average Bonchev–Trinajstić information content (AvgIpc) is 2.68. The Morgan fingerprint density at radius 2 is 1.90 bits per heavy atom. The molecule has 1 fully saturated rings. The SMILES string of the molecule is CC(C)(C)OC(=O)N[C@H]1CC[C@H](c2nc(Br)c(Br)[nH]2)CC1. The Balaban J connectivity index is 1.82. The van der Waals surface area contributed by atoms with Crippen LogP contribution in [0, 0.1) is 0 Å². The van der Waals surface area contributed by atoms with Crippen LogP contribution < -0.4 is 5.32 Å². The minimum atomic E-state index is -0.450. The molecule has 0 aliphatic heterocycles. The molecule has 1 aliphatic carbocycles. The van der Waals surface area contributed by atoms with Gasteiger partial charge in [0.15, 0.2) is 0 Å². The number of aromatic amines is 1. The zero-order chi connectivity index (χ0) is 15.6. The van der Waals surface area contributed by atoms with Crippen LogP contribution in [0.15, 0.2) is 9.21 Å². The molecule has 1 aromatic heterocycles. The van der Waals surface area contributed by atoms with Crippen LogP contribution in [0.3, 0.4) is 0 Å². The molecule has 1 aromatic rings. The molecule has 0 radical (unpaired) electrons. The number of imidazole rings is 1. The Hall–Kier alpha value is -0.560. The zero-order valence-corrected chi connectivity index (χ0v) is 15.7. The molecular formula is C14H21Br2N3O2. The van der Waals surface area contributed by atoms with E-state index in [1.807, 2.05) is 20.8 Å². The number of nitrogens with one attached hydrogen (secondary N) is 2. The number of aromatic nitrogens is 2. The van der Waals surface area contributed by atoms with Crippen LogP contribution in [-0.4, -0.2) is 27.7 Å². The molecule has 0 saturated heterocycles. The summed E-state index contributed by atoms with van der Waals surface area (Å²) in [6, 6.07) is 0.193. The van der Waals surface area contributed by atoms with E-state index in [0.717, 1.165) is 40.7 Å². The summed E-state index contributed by atoms with van der Waals surface area (Å²) < 4.78 is 6.98. The van der Waals surface area contributed by atoms with Gasteiger partial charge in [0.1, 0.15) is 20.6 Å². The summed E-state index contributed by atoms with van der Waals surface area (Å²) in [5, 5.41) is 2.95. The second-order valence-electron chi connectivity index (χ2n) is 6.42. The molecule has 0 spiro atoms. The predicted octanol–water partition coefficient (Wildman–Crippen LogP) is 4.49. The highest BCUT2D eigenvalue weighted by Gasteiger charge is 2.27. The van der Waals surface area contributed by atoms with Crippen molar-refractivity contribution in [1.82, 2.24) is 15.3 Å². The van der Waals surface area contributed by atoms with Crippen LogP contribution in [0.4, 0.5) is 4.79 Å². The first-order chi connectivity index (χ1) is 9.74. The van der Waals surface area contributed by atoms with Gasteiger partial charge >= 0.3 is 6.09 Å². The van der Waals surface area contributed by atoms with Gasteiger partial charge in [-0.3, -0.25) is 0 Å². The fourth-order valence-corrected chi connectivity index (χ4v) is 3.11. The highest BCUT2D eigenvalue weighted by Crippen LogP contribution is 2.33. The van der Waals surface area contributed by atoms with Gasteiger partial charge in [-0.2, -0.15) is 0 Å². The lowest BCUT2D eigenvalue weighted by atomic mass is 9.85. The maximum Gasteiger partial charge on any atom is 0.407 e. The van der Waals surface area contributed by atoms with Crippen LogP contribution >= 0.6 is 31.9 Å². The van der Waals surface area contributed by atoms with Crippen molar-refractivity contribution >= 4 is 38.0 Å². The number of nitrogens with zero attached hydrogens (tertiary/aromatic N) is 1. The first-order valence-corrected chi connectivity index (χ1v) is 8.73. The lowest BCUT2D eigenvalue weighted by Crippen LogP contribution is -2.40. The average molecular weight is 423 g/mol. The van der Waals surface area contributed by atoms with Gasteiger partial charge in [-0.15, -0.1) is 0 Å². The number of alkyl carbamates (subject to hydrolysis) is 1. The molecule has 2 N–H and O–H groups in total. The fraction of sp³-hybridized carbons (Fsp3) is 0.714. The standard InChI is InChI=1S/C14H21Br2N3O2/c1-14(2,3)21-13(20)17-9-6-4-8(5-7-9)12-18-10(15)11(16)19-12/h8-9H,4-7H2,1-3H3,(H,17,20)(H,18,19)/t8-,9-. The lowest BCUT2D eigenvalue weighted by Gasteiger charge is -2.29. The summed E-state index contributed by atoms with van der Waals surface area (Å²) in [5.41, 5.74) is -0.450. The van der Waals surface area contributed by atoms with Crippen molar-refractivity contribution in [3.8, 4) is 0 Å². The number of carbonyl (C=O) groups is 1. The topological polar surface area (TPSA) is 67.0 Å². The third-order valence-corrected chi connectivity index (χ3v) is 5.15.